The number of aliphatic imine (C=N–C) groups is 1. The zero-order valence-corrected chi connectivity index (χ0v) is 24.4. The summed E-state index contributed by atoms with van der Waals surface area (Å²) in [5.41, 5.74) is 10.6. The Balaban J connectivity index is 1.63. The fourth-order valence-electron chi connectivity index (χ4n) is 4.72. The molecule has 0 aliphatic carbocycles. The lowest BCUT2D eigenvalue weighted by Crippen LogP contribution is -2.48. The SMILES string of the molecule is COc1cc(CNC(=O)[C@@]2(Cc3ccccc3CN=[N+]=[N-])COC(c3ccc(OCCCO)cc3)=N2)cc(OC)c1OC. The van der Waals surface area contributed by atoms with Crippen molar-refractivity contribution in [1.82, 2.24) is 5.32 Å². The fraction of sp³-hybridized carbons (Fsp3) is 0.355. The zero-order valence-electron chi connectivity index (χ0n) is 24.4. The molecule has 0 bridgehead atoms. The van der Waals surface area contributed by atoms with Crippen molar-refractivity contribution in [2.75, 3.05) is 41.2 Å². The number of nitrogens with zero attached hydrogens (tertiary/aromatic N) is 4. The van der Waals surface area contributed by atoms with E-state index in [9.17, 15) is 4.79 Å². The lowest BCUT2D eigenvalue weighted by Gasteiger charge is -2.24. The van der Waals surface area contributed by atoms with E-state index in [2.05, 4.69) is 15.3 Å². The van der Waals surface area contributed by atoms with Crippen LogP contribution >= 0.6 is 0 Å². The lowest BCUT2D eigenvalue weighted by atomic mass is 9.89. The third kappa shape index (κ3) is 7.48. The molecule has 1 aliphatic rings. The molecule has 0 saturated carbocycles. The van der Waals surface area contributed by atoms with Crippen LogP contribution in [0, 0.1) is 0 Å². The number of aliphatic hydroxyl groups is 1. The van der Waals surface area contributed by atoms with Crippen molar-refractivity contribution in [3.8, 4) is 23.0 Å². The lowest BCUT2D eigenvalue weighted by molar-refractivity contribution is -0.126. The number of nitrogens with one attached hydrogen (secondary N) is 1. The third-order valence-electron chi connectivity index (χ3n) is 6.94. The van der Waals surface area contributed by atoms with E-state index in [4.69, 9.17) is 39.3 Å². The van der Waals surface area contributed by atoms with Gasteiger partial charge in [0.25, 0.3) is 5.91 Å². The van der Waals surface area contributed by atoms with E-state index >= 15 is 0 Å². The minimum absolute atomic E-state index is 0.00796. The van der Waals surface area contributed by atoms with E-state index in [0.717, 1.165) is 16.7 Å². The monoisotopic (exact) mass is 589 g/mol. The summed E-state index contributed by atoms with van der Waals surface area (Å²) in [6.45, 7) is 0.775. The molecule has 43 heavy (non-hydrogen) atoms. The number of rotatable bonds is 15. The van der Waals surface area contributed by atoms with Gasteiger partial charge in [0, 0.05) is 36.5 Å². The Labute approximate surface area is 249 Å². The van der Waals surface area contributed by atoms with Crippen LogP contribution in [0.15, 0.2) is 70.8 Å². The van der Waals surface area contributed by atoms with Gasteiger partial charge >= 0.3 is 0 Å². The minimum Gasteiger partial charge on any atom is -0.494 e. The fourth-order valence-corrected chi connectivity index (χ4v) is 4.72. The first-order valence-corrected chi connectivity index (χ1v) is 13.7. The summed E-state index contributed by atoms with van der Waals surface area (Å²) < 4.78 is 28.0. The zero-order chi connectivity index (χ0) is 30.7. The normalized spacial score (nSPS) is 15.5. The Morgan fingerprint density at radius 1 is 1.07 bits per heavy atom. The number of ether oxygens (including phenoxy) is 5. The van der Waals surface area contributed by atoms with E-state index in [1.807, 2.05) is 36.4 Å². The first-order chi connectivity index (χ1) is 21.0. The minimum atomic E-state index is -1.29. The molecule has 3 aromatic carbocycles. The number of hydrogen-bond acceptors (Lipinski definition) is 9. The van der Waals surface area contributed by atoms with Crippen molar-refractivity contribution in [1.29, 1.82) is 0 Å². The summed E-state index contributed by atoms with van der Waals surface area (Å²) in [5.74, 6) is 2.05. The van der Waals surface area contributed by atoms with Gasteiger partial charge in [-0.2, -0.15) is 0 Å². The molecule has 1 aliphatic heterocycles. The van der Waals surface area contributed by atoms with Crippen molar-refractivity contribution in [3.63, 3.8) is 0 Å². The number of carbonyl (C=O) groups excluding carboxylic acids is 1. The van der Waals surface area contributed by atoms with Crippen LogP contribution < -0.4 is 24.3 Å². The van der Waals surface area contributed by atoms with Gasteiger partial charge in [-0.05, 0) is 58.6 Å². The summed E-state index contributed by atoms with van der Waals surface area (Å²) in [7, 11) is 4.59. The highest BCUT2D eigenvalue weighted by Gasteiger charge is 2.44. The van der Waals surface area contributed by atoms with Gasteiger partial charge in [0.05, 0.1) is 34.5 Å². The predicted octanol–water partition coefficient (Wildman–Crippen LogP) is 4.36. The second kappa shape index (κ2) is 14.8. The van der Waals surface area contributed by atoms with Crippen LogP contribution in [0.25, 0.3) is 10.4 Å². The molecule has 0 spiro atoms. The molecule has 12 heteroatoms. The molecule has 0 unspecified atom stereocenters. The molecule has 12 nitrogen and oxygen atoms in total. The number of hydrogen-bond donors (Lipinski definition) is 2. The van der Waals surface area contributed by atoms with Gasteiger partial charge in [-0.15, -0.1) is 0 Å². The Hall–Kier alpha value is -4.93. The van der Waals surface area contributed by atoms with Gasteiger partial charge < -0.3 is 34.1 Å². The number of carbonyl (C=O) groups is 1. The standard InChI is InChI=1S/C31H35N5O7/c1-39-26-15-21(16-27(40-2)28(26)41-3)18-33-30(38)31(17-23-7-4-5-8-24(23)19-34-36-32)20-43-29(35-31)22-9-11-25(12-10-22)42-14-6-13-37/h4-5,7-12,15-16,37H,6,13-14,17-20H2,1-3H3,(H,33,38)/t31-/m1/s1. The van der Waals surface area contributed by atoms with Crippen LogP contribution in [0.1, 0.15) is 28.7 Å². The largest absolute Gasteiger partial charge is 0.494 e. The number of benzene rings is 3. The van der Waals surface area contributed by atoms with Crippen LogP contribution in [-0.4, -0.2) is 63.6 Å². The molecule has 0 saturated heterocycles. The number of methoxy groups -OCH3 is 3. The summed E-state index contributed by atoms with van der Waals surface area (Å²) in [6, 6.07) is 18.2. The topological polar surface area (TPSA) is 157 Å². The van der Waals surface area contributed by atoms with Gasteiger partial charge in [0.15, 0.2) is 17.0 Å². The summed E-state index contributed by atoms with van der Waals surface area (Å²) >= 11 is 0. The van der Waals surface area contributed by atoms with Gasteiger partial charge in [-0.25, -0.2) is 4.99 Å². The quantitative estimate of drug-likeness (QED) is 0.115. The maximum Gasteiger partial charge on any atom is 0.252 e. The van der Waals surface area contributed by atoms with Crippen LogP contribution in [0.3, 0.4) is 0 Å². The molecule has 0 aromatic heterocycles. The number of azide groups is 1. The molecule has 4 rings (SSSR count). The van der Waals surface area contributed by atoms with Gasteiger partial charge in [-0.3, -0.25) is 4.79 Å². The molecular weight excluding hydrogens is 554 g/mol. The van der Waals surface area contributed by atoms with E-state index in [-0.39, 0.29) is 38.6 Å². The highest BCUT2D eigenvalue weighted by atomic mass is 16.5. The first kappa shape index (κ1) is 31.0. The smallest absolute Gasteiger partial charge is 0.252 e. The Morgan fingerprint density at radius 3 is 2.40 bits per heavy atom. The first-order valence-electron chi connectivity index (χ1n) is 13.7. The van der Waals surface area contributed by atoms with Crippen LogP contribution in [0.2, 0.25) is 0 Å². The maximum atomic E-state index is 14.0. The van der Waals surface area contributed by atoms with Gasteiger partial charge in [-0.1, -0.05) is 29.4 Å². The van der Waals surface area contributed by atoms with E-state index in [0.29, 0.717) is 47.5 Å². The molecule has 226 valence electrons. The maximum absolute atomic E-state index is 14.0. The van der Waals surface area contributed by atoms with E-state index < -0.39 is 5.54 Å². The van der Waals surface area contributed by atoms with Crippen LogP contribution in [-0.2, 0) is 29.0 Å². The number of amides is 1. The second-order valence-electron chi connectivity index (χ2n) is 9.74. The van der Waals surface area contributed by atoms with E-state index in [1.54, 1.807) is 24.3 Å². The Morgan fingerprint density at radius 2 is 1.77 bits per heavy atom. The second-order valence-corrected chi connectivity index (χ2v) is 9.74. The Bertz CT molecular complexity index is 1460. The molecule has 1 heterocycles. The highest BCUT2D eigenvalue weighted by Crippen LogP contribution is 2.38. The van der Waals surface area contributed by atoms with Crippen molar-refractivity contribution < 1.29 is 33.6 Å². The average Bonchev–Trinajstić information content (AvgIpc) is 3.48. The summed E-state index contributed by atoms with van der Waals surface area (Å²) in [4.78, 5) is 21.7. The van der Waals surface area contributed by atoms with Crippen LogP contribution in [0.4, 0.5) is 0 Å². The van der Waals surface area contributed by atoms with Crippen molar-refractivity contribution >= 4 is 11.8 Å². The summed E-state index contributed by atoms with van der Waals surface area (Å²) in [6.07, 6.45) is 0.753. The van der Waals surface area contributed by atoms with Crippen molar-refractivity contribution in [3.05, 3.63) is 93.4 Å². The van der Waals surface area contributed by atoms with Gasteiger partial charge in [0.2, 0.25) is 11.6 Å². The molecule has 0 fully saturated rings. The molecule has 1 amide bonds. The molecule has 0 radical (unpaired) electrons. The summed E-state index contributed by atoms with van der Waals surface area (Å²) in [5, 5.41) is 15.7. The predicted molar refractivity (Wildman–Crippen MR) is 160 cm³/mol. The average molecular weight is 590 g/mol. The molecular formula is C31H35N5O7. The highest BCUT2D eigenvalue weighted by molar-refractivity contribution is 6.00. The molecule has 1 atom stereocenters. The molecule has 3 aromatic rings. The number of aliphatic hydroxyl groups excluding tert-OH is 1. The third-order valence-corrected chi connectivity index (χ3v) is 6.94. The Kier molecular flexibility index (Phi) is 10.7. The van der Waals surface area contributed by atoms with Crippen molar-refractivity contribution in [2.45, 2.75) is 31.5 Å². The molecule has 2 N–H and O–H groups in total. The van der Waals surface area contributed by atoms with Crippen LogP contribution in [0.5, 0.6) is 23.0 Å². The van der Waals surface area contributed by atoms with Crippen molar-refractivity contribution in [2.24, 2.45) is 10.1 Å². The van der Waals surface area contributed by atoms with Gasteiger partial charge in [0.1, 0.15) is 12.4 Å². The van der Waals surface area contributed by atoms with E-state index in [1.165, 1.54) is 21.3 Å².